The summed E-state index contributed by atoms with van der Waals surface area (Å²) in [6, 6.07) is 0. The van der Waals surface area contributed by atoms with Crippen LogP contribution >= 0.6 is 0 Å². The zero-order valence-corrected chi connectivity index (χ0v) is 8.64. The van der Waals surface area contributed by atoms with Gasteiger partial charge in [0, 0.05) is 0 Å². The number of hydrogen-bond acceptors (Lipinski definition) is 4. The topological polar surface area (TPSA) is 63.8 Å². The molecule has 2 unspecified atom stereocenters. The molecule has 1 saturated carbocycles. The van der Waals surface area contributed by atoms with Gasteiger partial charge in [-0.1, -0.05) is 19.8 Å². The van der Waals surface area contributed by atoms with Gasteiger partial charge in [0.2, 0.25) is 5.82 Å². The van der Waals surface area contributed by atoms with Crippen molar-refractivity contribution < 1.29 is 5.11 Å². The predicted octanol–water partition coefficient (Wildman–Crippen LogP) is 0.608. The van der Waals surface area contributed by atoms with Crippen molar-refractivity contribution in [3.8, 4) is 0 Å². The average Bonchev–Trinajstić information content (AvgIpc) is 2.58. The smallest absolute Gasteiger partial charge is 0.206 e. The van der Waals surface area contributed by atoms with Crippen molar-refractivity contribution in [3.05, 3.63) is 5.82 Å². The molecule has 1 aliphatic rings. The van der Waals surface area contributed by atoms with Crippen molar-refractivity contribution in [2.24, 2.45) is 13.0 Å². The lowest BCUT2D eigenvalue weighted by atomic mass is 9.76. The van der Waals surface area contributed by atoms with E-state index in [1.165, 1.54) is 11.2 Å². The molecule has 1 heterocycles. The minimum atomic E-state index is -0.855. The Morgan fingerprint density at radius 2 is 2.29 bits per heavy atom. The Labute approximate surface area is 83.1 Å². The summed E-state index contributed by atoms with van der Waals surface area (Å²) in [4.78, 5) is 1.40. The molecule has 1 aliphatic carbocycles. The summed E-state index contributed by atoms with van der Waals surface area (Å²) >= 11 is 0. The normalized spacial score (nSPS) is 33.2. The Kier molecular flexibility index (Phi) is 2.26. The highest BCUT2D eigenvalue weighted by atomic mass is 16.3. The molecule has 5 heteroatoms. The third-order valence-corrected chi connectivity index (χ3v) is 3.16. The van der Waals surface area contributed by atoms with Gasteiger partial charge >= 0.3 is 0 Å². The van der Waals surface area contributed by atoms with Gasteiger partial charge in [-0.05, 0) is 24.0 Å². The lowest BCUT2D eigenvalue weighted by Crippen LogP contribution is -2.37. The third kappa shape index (κ3) is 1.41. The van der Waals surface area contributed by atoms with Crippen molar-refractivity contribution >= 4 is 0 Å². The van der Waals surface area contributed by atoms with Gasteiger partial charge < -0.3 is 5.11 Å². The summed E-state index contributed by atoms with van der Waals surface area (Å²) in [5.74, 6) is 0.702. The predicted molar refractivity (Wildman–Crippen MR) is 50.3 cm³/mol. The Balaban J connectivity index is 2.29. The molecule has 5 nitrogen and oxygen atoms in total. The molecule has 1 aromatic rings. The zero-order valence-electron chi connectivity index (χ0n) is 8.64. The van der Waals surface area contributed by atoms with E-state index in [1.807, 2.05) is 0 Å². The monoisotopic (exact) mass is 196 g/mol. The summed E-state index contributed by atoms with van der Waals surface area (Å²) in [6.45, 7) is 2.05. The first kappa shape index (κ1) is 9.58. The molecule has 0 radical (unpaired) electrons. The van der Waals surface area contributed by atoms with Gasteiger partial charge in [-0.15, -0.1) is 10.2 Å². The molecular formula is C9H16N4O. The largest absolute Gasteiger partial charge is 0.381 e. The summed E-state index contributed by atoms with van der Waals surface area (Å²) in [5.41, 5.74) is -0.855. The zero-order chi connectivity index (χ0) is 10.2. The molecule has 14 heavy (non-hydrogen) atoms. The van der Waals surface area contributed by atoms with Gasteiger partial charge in [0.1, 0.15) is 5.60 Å². The van der Waals surface area contributed by atoms with Crippen LogP contribution in [0.1, 0.15) is 38.4 Å². The fraction of sp³-hybridized carbons (Fsp3) is 0.889. The van der Waals surface area contributed by atoms with Gasteiger partial charge in [-0.3, -0.25) is 0 Å². The molecule has 1 aromatic heterocycles. The maximum Gasteiger partial charge on any atom is 0.206 e. The SMILES string of the molecule is CC1CCCCC1(O)c1nnn(C)n1. The van der Waals surface area contributed by atoms with Crippen molar-refractivity contribution in [1.82, 2.24) is 20.2 Å². The first-order valence-electron chi connectivity index (χ1n) is 5.10. The maximum absolute atomic E-state index is 10.4. The fourth-order valence-electron chi connectivity index (χ4n) is 2.12. The second kappa shape index (κ2) is 3.31. The number of nitrogens with zero attached hydrogens (tertiary/aromatic N) is 4. The van der Waals surface area contributed by atoms with E-state index in [-0.39, 0.29) is 5.92 Å². The van der Waals surface area contributed by atoms with Crippen molar-refractivity contribution in [2.75, 3.05) is 0 Å². The number of aryl methyl sites for hydroxylation is 1. The quantitative estimate of drug-likeness (QED) is 0.714. The molecule has 0 saturated heterocycles. The summed E-state index contributed by atoms with van der Waals surface area (Å²) < 4.78 is 0. The van der Waals surface area contributed by atoms with Crippen molar-refractivity contribution in [1.29, 1.82) is 0 Å². The van der Waals surface area contributed by atoms with Crippen LogP contribution in [-0.4, -0.2) is 25.3 Å². The number of aliphatic hydroxyl groups is 1. The highest BCUT2D eigenvalue weighted by molar-refractivity contribution is 5.02. The highest BCUT2D eigenvalue weighted by Gasteiger charge is 2.41. The first-order valence-corrected chi connectivity index (χ1v) is 5.10. The molecule has 0 amide bonds. The first-order chi connectivity index (χ1) is 6.63. The number of aromatic nitrogens is 4. The van der Waals surface area contributed by atoms with E-state index >= 15 is 0 Å². The molecule has 1 fully saturated rings. The van der Waals surface area contributed by atoms with Crippen LogP contribution in [0, 0.1) is 5.92 Å². The van der Waals surface area contributed by atoms with Gasteiger partial charge in [0.05, 0.1) is 7.05 Å². The molecule has 0 aliphatic heterocycles. The molecule has 0 spiro atoms. The van der Waals surface area contributed by atoms with E-state index in [0.29, 0.717) is 5.82 Å². The van der Waals surface area contributed by atoms with Crippen LogP contribution in [0.2, 0.25) is 0 Å². The third-order valence-electron chi connectivity index (χ3n) is 3.16. The number of rotatable bonds is 1. The summed E-state index contributed by atoms with van der Waals surface area (Å²) in [6.07, 6.45) is 4.01. The Morgan fingerprint density at radius 1 is 1.50 bits per heavy atom. The fourth-order valence-corrected chi connectivity index (χ4v) is 2.12. The Morgan fingerprint density at radius 3 is 2.86 bits per heavy atom. The minimum absolute atomic E-state index is 0.223. The maximum atomic E-state index is 10.4. The van der Waals surface area contributed by atoms with Crippen LogP contribution in [0.4, 0.5) is 0 Å². The minimum Gasteiger partial charge on any atom is -0.381 e. The van der Waals surface area contributed by atoms with E-state index < -0.39 is 5.60 Å². The summed E-state index contributed by atoms with van der Waals surface area (Å²) in [7, 11) is 1.72. The second-order valence-corrected chi connectivity index (χ2v) is 4.17. The average molecular weight is 196 g/mol. The van der Waals surface area contributed by atoms with E-state index in [1.54, 1.807) is 7.05 Å². The number of tetrazole rings is 1. The van der Waals surface area contributed by atoms with Crippen LogP contribution in [-0.2, 0) is 12.6 Å². The van der Waals surface area contributed by atoms with E-state index in [0.717, 1.165) is 19.3 Å². The standard InChI is InChI=1S/C9H16N4O/c1-7-5-3-4-6-9(7,14)8-10-12-13(2)11-8/h7,14H,3-6H2,1-2H3. The van der Waals surface area contributed by atoms with Crippen LogP contribution in [0.3, 0.4) is 0 Å². The Hall–Kier alpha value is -0.970. The Bertz CT molecular complexity index is 324. The van der Waals surface area contributed by atoms with Crippen molar-refractivity contribution in [3.63, 3.8) is 0 Å². The molecule has 0 aromatic carbocycles. The molecule has 2 atom stereocenters. The highest BCUT2D eigenvalue weighted by Crippen LogP contribution is 2.39. The van der Waals surface area contributed by atoms with Crippen molar-refractivity contribution in [2.45, 2.75) is 38.2 Å². The van der Waals surface area contributed by atoms with E-state index in [4.69, 9.17) is 0 Å². The lowest BCUT2D eigenvalue weighted by Gasteiger charge is -2.35. The van der Waals surface area contributed by atoms with Crippen LogP contribution in [0.25, 0.3) is 0 Å². The van der Waals surface area contributed by atoms with E-state index in [9.17, 15) is 5.11 Å². The molecule has 78 valence electrons. The molecule has 0 bridgehead atoms. The van der Waals surface area contributed by atoms with Gasteiger partial charge in [-0.25, -0.2) is 0 Å². The molecule has 2 rings (SSSR count). The number of hydrogen-bond donors (Lipinski definition) is 1. The van der Waals surface area contributed by atoms with Gasteiger partial charge in [0.15, 0.2) is 0 Å². The van der Waals surface area contributed by atoms with Gasteiger partial charge in [0.25, 0.3) is 0 Å². The molecule has 1 N–H and O–H groups in total. The van der Waals surface area contributed by atoms with Gasteiger partial charge in [-0.2, -0.15) is 4.80 Å². The molecular weight excluding hydrogens is 180 g/mol. The van der Waals surface area contributed by atoms with Crippen LogP contribution < -0.4 is 0 Å². The lowest BCUT2D eigenvalue weighted by molar-refractivity contribution is -0.0546. The van der Waals surface area contributed by atoms with Crippen LogP contribution in [0.5, 0.6) is 0 Å². The second-order valence-electron chi connectivity index (χ2n) is 4.17. The van der Waals surface area contributed by atoms with Crippen LogP contribution in [0.15, 0.2) is 0 Å². The summed E-state index contributed by atoms with van der Waals surface area (Å²) in [5, 5.41) is 22.2. The van der Waals surface area contributed by atoms with E-state index in [2.05, 4.69) is 22.3 Å².